The Balaban J connectivity index is 2.17. The smallest absolute Gasteiger partial charge is 0.252 e. The van der Waals surface area contributed by atoms with Crippen LogP contribution in [-0.2, 0) is 0 Å². The molecule has 3 rings (SSSR count). The third-order valence-corrected chi connectivity index (χ3v) is 4.87. The number of rotatable bonds is 2. The van der Waals surface area contributed by atoms with Crippen LogP contribution in [0.3, 0.4) is 0 Å². The van der Waals surface area contributed by atoms with Gasteiger partial charge in [-0.15, -0.1) is 11.3 Å². The fourth-order valence-corrected chi connectivity index (χ4v) is 3.60. The van der Waals surface area contributed by atoms with E-state index in [0.717, 1.165) is 25.3 Å². The highest BCUT2D eigenvalue weighted by atomic mass is 79.9. The number of carbonyl (C=O) groups excluding carboxylic acids is 1. The van der Waals surface area contributed by atoms with Crippen LogP contribution in [0.4, 0.5) is 0 Å². The topological polar surface area (TPSA) is 30.0 Å². The van der Waals surface area contributed by atoms with Crippen molar-refractivity contribution in [2.45, 2.75) is 0 Å². The summed E-state index contributed by atoms with van der Waals surface area (Å²) in [6.45, 7) is 0. The van der Waals surface area contributed by atoms with E-state index in [2.05, 4.69) is 20.9 Å². The van der Waals surface area contributed by atoms with E-state index >= 15 is 0 Å². The van der Waals surface area contributed by atoms with E-state index in [1.807, 2.05) is 18.2 Å². The number of carbonyl (C=O) groups is 1. The molecule has 0 radical (unpaired) electrons. The van der Waals surface area contributed by atoms with Crippen molar-refractivity contribution in [3.05, 3.63) is 51.5 Å². The van der Waals surface area contributed by atoms with Crippen LogP contribution < -0.4 is 0 Å². The molecule has 0 spiro atoms. The summed E-state index contributed by atoms with van der Waals surface area (Å²) in [5.41, 5.74) is 2.15. The second-order valence-electron chi connectivity index (χ2n) is 4.10. The molecule has 0 saturated carbocycles. The van der Waals surface area contributed by atoms with Crippen LogP contribution in [0.1, 0.15) is 10.4 Å². The zero-order valence-electron chi connectivity index (χ0n) is 9.86. The van der Waals surface area contributed by atoms with Gasteiger partial charge in [0.15, 0.2) is 0 Å². The molecule has 1 heterocycles. The van der Waals surface area contributed by atoms with Crippen molar-refractivity contribution < 1.29 is 4.79 Å². The molecule has 0 saturated heterocycles. The Bertz CT molecular complexity index is 831. The molecule has 1 aromatic heterocycles. The molecular weight excluding hydrogens is 381 g/mol. The monoisotopic (exact) mass is 385 g/mol. The van der Waals surface area contributed by atoms with Crippen LogP contribution in [0.5, 0.6) is 0 Å². The summed E-state index contributed by atoms with van der Waals surface area (Å²) in [4.78, 5) is 15.7. The van der Waals surface area contributed by atoms with Crippen molar-refractivity contribution in [3.63, 3.8) is 0 Å². The van der Waals surface area contributed by atoms with Gasteiger partial charge in [-0.25, -0.2) is 4.98 Å². The Labute approximate surface area is 137 Å². The first-order valence-corrected chi connectivity index (χ1v) is 7.97. The number of aromatic nitrogens is 1. The molecule has 0 aliphatic carbocycles. The molecule has 0 fully saturated rings. The van der Waals surface area contributed by atoms with Gasteiger partial charge in [-0.05, 0) is 48.0 Å². The Morgan fingerprint density at radius 2 is 2.00 bits per heavy atom. The average Bonchev–Trinajstić information content (AvgIpc) is 2.83. The lowest BCUT2D eigenvalue weighted by Gasteiger charge is -2.00. The van der Waals surface area contributed by atoms with E-state index in [1.54, 1.807) is 18.2 Å². The molecule has 0 atom stereocenters. The van der Waals surface area contributed by atoms with Crippen LogP contribution >= 0.6 is 50.5 Å². The Morgan fingerprint density at radius 3 is 2.75 bits per heavy atom. The van der Waals surface area contributed by atoms with Crippen molar-refractivity contribution in [1.82, 2.24) is 4.98 Å². The highest BCUT2D eigenvalue weighted by molar-refractivity contribution is 9.10. The molecule has 0 N–H and O–H groups in total. The van der Waals surface area contributed by atoms with E-state index in [-0.39, 0.29) is 0 Å². The maximum atomic E-state index is 11.2. The lowest BCUT2D eigenvalue weighted by molar-refractivity contribution is 0.108. The average molecular weight is 387 g/mol. The van der Waals surface area contributed by atoms with Gasteiger partial charge in [0.05, 0.1) is 15.2 Å². The zero-order valence-corrected chi connectivity index (χ0v) is 13.8. The van der Waals surface area contributed by atoms with Gasteiger partial charge in [0.2, 0.25) is 0 Å². The molecule has 100 valence electrons. The van der Waals surface area contributed by atoms with Crippen LogP contribution in [0.25, 0.3) is 20.8 Å². The van der Waals surface area contributed by atoms with Crippen molar-refractivity contribution >= 4 is 65.9 Å². The van der Waals surface area contributed by atoms with Gasteiger partial charge in [0.25, 0.3) is 5.24 Å². The van der Waals surface area contributed by atoms with Crippen LogP contribution in [0.15, 0.2) is 40.9 Å². The number of hydrogen-bond donors (Lipinski definition) is 0. The molecule has 2 aromatic carbocycles. The van der Waals surface area contributed by atoms with Crippen LogP contribution in [-0.4, -0.2) is 10.2 Å². The third kappa shape index (κ3) is 2.61. The largest absolute Gasteiger partial charge is 0.276 e. The number of nitrogens with zero attached hydrogens (tertiary/aromatic N) is 1. The molecule has 20 heavy (non-hydrogen) atoms. The normalized spacial score (nSPS) is 10.9. The lowest BCUT2D eigenvalue weighted by Crippen LogP contribution is -1.86. The maximum Gasteiger partial charge on any atom is 0.252 e. The maximum absolute atomic E-state index is 11.2. The standard InChI is InChI=1S/C14H6BrCl2NOS/c15-8-2-3-10(16)9(6-8)14-18-11-4-1-7(13(17)19)5-12(11)20-14/h1-6H. The van der Waals surface area contributed by atoms with Gasteiger partial charge in [-0.3, -0.25) is 4.79 Å². The SMILES string of the molecule is O=C(Cl)c1ccc2nc(-c3cc(Br)ccc3Cl)sc2c1. The highest BCUT2D eigenvalue weighted by Crippen LogP contribution is 2.36. The molecule has 3 aromatic rings. The molecule has 0 bridgehead atoms. The van der Waals surface area contributed by atoms with Gasteiger partial charge < -0.3 is 0 Å². The number of fused-ring (bicyclic) bond motifs is 1. The second kappa shape index (κ2) is 5.45. The van der Waals surface area contributed by atoms with Gasteiger partial charge in [0, 0.05) is 15.6 Å². The zero-order chi connectivity index (χ0) is 14.3. The number of hydrogen-bond acceptors (Lipinski definition) is 3. The number of thiazole rings is 1. The molecule has 0 aliphatic rings. The number of benzene rings is 2. The third-order valence-electron chi connectivity index (χ3n) is 2.77. The first-order valence-electron chi connectivity index (χ1n) is 5.60. The summed E-state index contributed by atoms with van der Waals surface area (Å²) in [7, 11) is 0. The minimum absolute atomic E-state index is 0.467. The highest BCUT2D eigenvalue weighted by Gasteiger charge is 2.12. The molecular formula is C14H6BrCl2NOS. The summed E-state index contributed by atoms with van der Waals surface area (Å²) in [5.74, 6) is 0. The van der Waals surface area contributed by atoms with Crippen molar-refractivity contribution in [2.75, 3.05) is 0 Å². The Kier molecular flexibility index (Phi) is 3.82. The van der Waals surface area contributed by atoms with Gasteiger partial charge in [-0.2, -0.15) is 0 Å². The van der Waals surface area contributed by atoms with E-state index in [4.69, 9.17) is 23.2 Å². The van der Waals surface area contributed by atoms with E-state index in [9.17, 15) is 4.79 Å². The quantitative estimate of drug-likeness (QED) is 0.524. The van der Waals surface area contributed by atoms with E-state index < -0.39 is 5.24 Å². The fraction of sp³-hybridized carbons (Fsp3) is 0. The lowest BCUT2D eigenvalue weighted by atomic mass is 10.2. The summed E-state index contributed by atoms with van der Waals surface area (Å²) in [6.07, 6.45) is 0. The Hall–Kier alpha value is -0.940. The van der Waals surface area contributed by atoms with Crippen molar-refractivity contribution in [1.29, 1.82) is 0 Å². The molecule has 0 unspecified atom stereocenters. The van der Waals surface area contributed by atoms with Crippen molar-refractivity contribution in [2.24, 2.45) is 0 Å². The predicted octanol–water partition coefficient (Wildman–Crippen LogP) is 5.76. The fourth-order valence-electron chi connectivity index (χ4n) is 1.82. The summed E-state index contributed by atoms with van der Waals surface area (Å²) < 4.78 is 1.84. The van der Waals surface area contributed by atoms with Gasteiger partial charge in [0.1, 0.15) is 5.01 Å². The van der Waals surface area contributed by atoms with Crippen LogP contribution in [0.2, 0.25) is 5.02 Å². The predicted molar refractivity (Wildman–Crippen MR) is 87.9 cm³/mol. The van der Waals surface area contributed by atoms with E-state index in [1.165, 1.54) is 11.3 Å². The van der Waals surface area contributed by atoms with Gasteiger partial charge >= 0.3 is 0 Å². The minimum atomic E-state index is -0.470. The van der Waals surface area contributed by atoms with E-state index in [0.29, 0.717) is 10.6 Å². The van der Waals surface area contributed by atoms with Gasteiger partial charge in [-0.1, -0.05) is 27.5 Å². The van der Waals surface area contributed by atoms with Crippen LogP contribution in [0, 0.1) is 0 Å². The number of halogens is 3. The first kappa shape index (κ1) is 14.0. The Morgan fingerprint density at radius 1 is 1.20 bits per heavy atom. The second-order valence-corrected chi connectivity index (χ2v) is 6.80. The minimum Gasteiger partial charge on any atom is -0.276 e. The first-order chi connectivity index (χ1) is 9.54. The molecule has 0 aliphatic heterocycles. The molecule has 0 amide bonds. The summed E-state index contributed by atoms with van der Waals surface area (Å²) >= 11 is 16.6. The molecule has 2 nitrogen and oxygen atoms in total. The summed E-state index contributed by atoms with van der Waals surface area (Å²) in [5, 5.41) is 0.980. The summed E-state index contributed by atoms with van der Waals surface area (Å²) in [6, 6.07) is 10.8. The van der Waals surface area contributed by atoms with Crippen molar-refractivity contribution in [3.8, 4) is 10.6 Å². The molecule has 6 heteroatoms.